The Bertz CT molecular complexity index is 1370. The van der Waals surface area contributed by atoms with Gasteiger partial charge in [-0.3, -0.25) is 14.4 Å². The number of aromatic nitrogens is 4. The van der Waals surface area contributed by atoms with Crippen molar-refractivity contribution in [3.63, 3.8) is 0 Å². The Morgan fingerprint density at radius 2 is 1.67 bits per heavy atom. The van der Waals surface area contributed by atoms with Gasteiger partial charge in [0, 0.05) is 24.2 Å². The fourth-order valence-electron chi connectivity index (χ4n) is 3.22. The second-order valence-corrected chi connectivity index (χ2v) is 7.02. The number of nitrogens with one attached hydrogen (secondary N) is 1. The van der Waals surface area contributed by atoms with Gasteiger partial charge in [-0.25, -0.2) is 9.36 Å². The van der Waals surface area contributed by atoms with Gasteiger partial charge in [-0.15, -0.1) is 0 Å². The number of amides is 1. The van der Waals surface area contributed by atoms with E-state index in [1.807, 2.05) is 18.2 Å². The van der Waals surface area contributed by atoms with Crippen molar-refractivity contribution in [3.8, 4) is 28.5 Å². The average molecular weight is 447 g/mol. The van der Waals surface area contributed by atoms with Crippen LogP contribution in [-0.4, -0.2) is 39.1 Å². The van der Waals surface area contributed by atoms with Gasteiger partial charge in [-0.1, -0.05) is 12.1 Å². The quantitative estimate of drug-likeness (QED) is 0.435. The van der Waals surface area contributed by atoms with Crippen molar-refractivity contribution < 1.29 is 13.9 Å². The van der Waals surface area contributed by atoms with Crippen LogP contribution in [0.15, 0.2) is 80.9 Å². The van der Waals surface area contributed by atoms with E-state index in [1.54, 1.807) is 37.4 Å². The molecule has 1 N–H and O–H groups in total. The standard InChI is InChI=1S/C23H21N5O5/c1-32-19-6-3-2-5-16(19)17-8-10-23(31)28(25-17)15-21(29)24-12-13-27-22(30)11-9-18(26-27)20-7-4-14-33-20/h2-11,14H,12-13,15H2,1H3,(H,24,29). The Hall–Kier alpha value is -4.47. The molecular weight excluding hydrogens is 426 g/mol. The molecule has 0 aliphatic rings. The van der Waals surface area contributed by atoms with Gasteiger partial charge in [0.05, 0.1) is 25.6 Å². The van der Waals surface area contributed by atoms with E-state index in [1.165, 1.54) is 23.1 Å². The summed E-state index contributed by atoms with van der Waals surface area (Å²) in [6, 6.07) is 16.6. The van der Waals surface area contributed by atoms with Gasteiger partial charge < -0.3 is 14.5 Å². The van der Waals surface area contributed by atoms with E-state index in [-0.39, 0.29) is 25.2 Å². The number of rotatable bonds is 8. The van der Waals surface area contributed by atoms with Crippen molar-refractivity contribution in [2.24, 2.45) is 0 Å². The fraction of sp³-hybridized carbons (Fsp3) is 0.174. The lowest BCUT2D eigenvalue weighted by Crippen LogP contribution is -2.36. The number of ether oxygens (including phenoxy) is 1. The van der Waals surface area contributed by atoms with Crippen LogP contribution in [0.5, 0.6) is 5.75 Å². The summed E-state index contributed by atoms with van der Waals surface area (Å²) in [5.41, 5.74) is 1.01. The molecule has 1 amide bonds. The molecule has 1 aromatic carbocycles. The highest BCUT2D eigenvalue weighted by Gasteiger charge is 2.11. The van der Waals surface area contributed by atoms with E-state index in [2.05, 4.69) is 15.5 Å². The predicted octanol–water partition coefficient (Wildman–Crippen LogP) is 1.55. The molecule has 10 heteroatoms. The van der Waals surface area contributed by atoms with E-state index in [4.69, 9.17) is 9.15 Å². The maximum absolute atomic E-state index is 12.4. The monoisotopic (exact) mass is 447 g/mol. The SMILES string of the molecule is COc1ccccc1-c1ccc(=O)n(CC(=O)NCCn2nc(-c3ccco3)ccc2=O)n1. The molecule has 168 valence electrons. The highest BCUT2D eigenvalue weighted by Crippen LogP contribution is 2.27. The molecule has 3 heterocycles. The molecule has 4 aromatic rings. The molecule has 0 aliphatic heterocycles. The second kappa shape index (κ2) is 9.77. The molecule has 4 rings (SSSR count). The van der Waals surface area contributed by atoms with Crippen LogP contribution in [0.1, 0.15) is 0 Å². The van der Waals surface area contributed by atoms with E-state index in [0.717, 1.165) is 4.68 Å². The molecular formula is C23H21N5O5. The molecule has 33 heavy (non-hydrogen) atoms. The second-order valence-electron chi connectivity index (χ2n) is 7.02. The maximum atomic E-state index is 12.4. The molecule has 0 aliphatic carbocycles. The molecule has 0 saturated carbocycles. The third-order valence-corrected chi connectivity index (χ3v) is 4.83. The van der Waals surface area contributed by atoms with Crippen molar-refractivity contribution >= 4 is 5.91 Å². The van der Waals surface area contributed by atoms with Crippen LogP contribution < -0.4 is 21.2 Å². The van der Waals surface area contributed by atoms with Crippen LogP contribution in [-0.2, 0) is 17.9 Å². The molecule has 0 spiro atoms. The third kappa shape index (κ3) is 5.06. The van der Waals surface area contributed by atoms with Crippen LogP contribution in [0.4, 0.5) is 0 Å². The fourth-order valence-corrected chi connectivity index (χ4v) is 3.22. The van der Waals surface area contributed by atoms with Gasteiger partial charge in [0.1, 0.15) is 18.0 Å². The van der Waals surface area contributed by atoms with Gasteiger partial charge in [0.25, 0.3) is 11.1 Å². The maximum Gasteiger partial charge on any atom is 0.267 e. The van der Waals surface area contributed by atoms with Gasteiger partial charge in [0.2, 0.25) is 5.91 Å². The molecule has 0 atom stereocenters. The summed E-state index contributed by atoms with van der Waals surface area (Å²) in [7, 11) is 1.55. The number of methoxy groups -OCH3 is 1. The zero-order valence-electron chi connectivity index (χ0n) is 17.8. The minimum absolute atomic E-state index is 0.147. The molecule has 0 unspecified atom stereocenters. The highest BCUT2D eigenvalue weighted by molar-refractivity contribution is 5.75. The Labute approximate surface area is 188 Å². The first-order valence-electron chi connectivity index (χ1n) is 10.2. The molecule has 0 fully saturated rings. The lowest BCUT2D eigenvalue weighted by atomic mass is 10.1. The summed E-state index contributed by atoms with van der Waals surface area (Å²) in [5.74, 6) is 0.722. The van der Waals surface area contributed by atoms with Crippen LogP contribution in [0.3, 0.4) is 0 Å². The zero-order chi connectivity index (χ0) is 23.2. The summed E-state index contributed by atoms with van der Waals surface area (Å²) in [6.45, 7) is 0.0353. The molecule has 10 nitrogen and oxygen atoms in total. The molecule has 0 saturated heterocycles. The lowest BCUT2D eigenvalue weighted by molar-refractivity contribution is -0.121. The van der Waals surface area contributed by atoms with Crippen molar-refractivity contribution in [2.45, 2.75) is 13.1 Å². The van der Waals surface area contributed by atoms with Crippen molar-refractivity contribution in [1.82, 2.24) is 24.9 Å². The number of nitrogens with zero attached hydrogens (tertiary/aromatic N) is 4. The number of carbonyl (C=O) groups excluding carboxylic acids is 1. The van der Waals surface area contributed by atoms with E-state index < -0.39 is 11.5 Å². The number of para-hydroxylation sites is 1. The van der Waals surface area contributed by atoms with Crippen LogP contribution in [0.2, 0.25) is 0 Å². The van der Waals surface area contributed by atoms with Crippen LogP contribution >= 0.6 is 0 Å². The number of hydrogen-bond donors (Lipinski definition) is 1. The van der Waals surface area contributed by atoms with E-state index in [0.29, 0.717) is 28.5 Å². The topological polar surface area (TPSA) is 121 Å². The summed E-state index contributed by atoms with van der Waals surface area (Å²) < 4.78 is 13.0. The number of furan rings is 1. The minimum atomic E-state index is -0.419. The molecule has 3 aromatic heterocycles. The van der Waals surface area contributed by atoms with Crippen molar-refractivity contribution in [3.05, 3.63) is 87.6 Å². The smallest absolute Gasteiger partial charge is 0.267 e. The van der Waals surface area contributed by atoms with E-state index >= 15 is 0 Å². The average Bonchev–Trinajstić information content (AvgIpc) is 3.37. The first-order valence-corrected chi connectivity index (χ1v) is 10.2. The Morgan fingerprint density at radius 1 is 0.939 bits per heavy atom. The summed E-state index contributed by atoms with van der Waals surface area (Å²) in [5, 5.41) is 11.2. The Morgan fingerprint density at radius 3 is 2.42 bits per heavy atom. The largest absolute Gasteiger partial charge is 0.496 e. The number of hydrogen-bond acceptors (Lipinski definition) is 7. The summed E-state index contributed by atoms with van der Waals surface area (Å²) in [6.07, 6.45) is 1.52. The van der Waals surface area contributed by atoms with Gasteiger partial charge in [0.15, 0.2) is 5.76 Å². The predicted molar refractivity (Wildman–Crippen MR) is 120 cm³/mol. The number of carbonyl (C=O) groups is 1. The summed E-state index contributed by atoms with van der Waals surface area (Å²) >= 11 is 0. The zero-order valence-corrected chi connectivity index (χ0v) is 17.8. The molecule has 0 radical (unpaired) electrons. The lowest BCUT2D eigenvalue weighted by Gasteiger charge is -2.11. The Balaban J connectivity index is 1.41. The van der Waals surface area contributed by atoms with Gasteiger partial charge >= 0.3 is 0 Å². The first kappa shape index (κ1) is 21.8. The van der Waals surface area contributed by atoms with Crippen molar-refractivity contribution in [1.29, 1.82) is 0 Å². The summed E-state index contributed by atoms with van der Waals surface area (Å²) in [4.78, 5) is 36.7. The van der Waals surface area contributed by atoms with E-state index in [9.17, 15) is 14.4 Å². The van der Waals surface area contributed by atoms with Crippen molar-refractivity contribution in [2.75, 3.05) is 13.7 Å². The minimum Gasteiger partial charge on any atom is -0.496 e. The molecule has 0 bridgehead atoms. The van der Waals surface area contributed by atoms with Gasteiger partial charge in [-0.05, 0) is 36.4 Å². The number of benzene rings is 1. The van der Waals surface area contributed by atoms with Gasteiger partial charge in [-0.2, -0.15) is 10.2 Å². The van der Waals surface area contributed by atoms with Crippen LogP contribution in [0, 0.1) is 0 Å². The normalized spacial score (nSPS) is 10.7. The third-order valence-electron chi connectivity index (χ3n) is 4.83. The highest BCUT2D eigenvalue weighted by atomic mass is 16.5. The Kier molecular flexibility index (Phi) is 6.44. The first-order chi connectivity index (χ1) is 16.0. The van der Waals surface area contributed by atoms with Crippen LogP contribution in [0.25, 0.3) is 22.7 Å².